The van der Waals surface area contributed by atoms with E-state index in [0.29, 0.717) is 66.7 Å². The Kier molecular flexibility index (Phi) is 7.75. The number of aromatic nitrogens is 2. The summed E-state index contributed by atoms with van der Waals surface area (Å²) in [4.78, 5) is 32.3. The quantitative estimate of drug-likeness (QED) is 0.335. The molecule has 0 atom stereocenters. The zero-order valence-corrected chi connectivity index (χ0v) is 21.1. The number of fused-ring (bicyclic) bond motifs is 1. The molecule has 0 spiro atoms. The second-order valence-electron chi connectivity index (χ2n) is 8.60. The van der Waals surface area contributed by atoms with Crippen molar-refractivity contribution in [2.75, 3.05) is 39.5 Å². The number of morpholine rings is 1. The lowest BCUT2D eigenvalue weighted by molar-refractivity contribution is -0.137. The maximum absolute atomic E-state index is 13.4. The minimum absolute atomic E-state index is 0.0912. The molecule has 2 heterocycles. The van der Waals surface area contributed by atoms with Crippen molar-refractivity contribution >= 4 is 23.0 Å². The van der Waals surface area contributed by atoms with E-state index in [2.05, 4.69) is 5.10 Å². The Morgan fingerprint density at radius 3 is 2.55 bits per heavy atom. The van der Waals surface area contributed by atoms with Crippen molar-refractivity contribution in [3.05, 3.63) is 88.7 Å². The Balaban J connectivity index is 1.43. The molecule has 4 aromatic rings. The fraction of sp³-hybridized carbons (Fsp3) is 0.241. The van der Waals surface area contributed by atoms with Crippen LogP contribution in [0.2, 0.25) is 0 Å². The van der Waals surface area contributed by atoms with E-state index in [-0.39, 0.29) is 18.1 Å². The number of para-hydroxylation sites is 1. The van der Waals surface area contributed by atoms with Crippen LogP contribution in [-0.2, 0) is 9.53 Å². The van der Waals surface area contributed by atoms with Crippen molar-refractivity contribution in [1.82, 2.24) is 14.6 Å². The van der Waals surface area contributed by atoms with Crippen molar-refractivity contribution in [2.24, 2.45) is 5.10 Å². The van der Waals surface area contributed by atoms with E-state index < -0.39 is 0 Å². The molecule has 0 N–H and O–H groups in total. The van der Waals surface area contributed by atoms with Crippen molar-refractivity contribution in [2.45, 2.75) is 6.92 Å². The summed E-state index contributed by atoms with van der Waals surface area (Å²) in [7, 11) is 0. The Labute approximate surface area is 219 Å². The minimum Gasteiger partial charge on any atom is -0.490 e. The average Bonchev–Trinajstić information content (AvgIpc) is 2.97. The Morgan fingerprint density at radius 1 is 1.00 bits per heavy atom. The summed E-state index contributed by atoms with van der Waals surface area (Å²) in [5, 5.41) is 5.00. The summed E-state index contributed by atoms with van der Waals surface area (Å²) in [6, 6.07) is 22.0. The first kappa shape index (κ1) is 25.2. The van der Waals surface area contributed by atoms with E-state index in [1.54, 1.807) is 41.4 Å². The van der Waals surface area contributed by atoms with Crippen LogP contribution >= 0.6 is 0 Å². The summed E-state index contributed by atoms with van der Waals surface area (Å²) >= 11 is 0. The lowest BCUT2D eigenvalue weighted by atomic mass is 10.2. The lowest BCUT2D eigenvalue weighted by Gasteiger charge is -2.26. The Morgan fingerprint density at radius 2 is 1.76 bits per heavy atom. The molecule has 1 saturated heterocycles. The van der Waals surface area contributed by atoms with Gasteiger partial charge in [0.15, 0.2) is 23.9 Å². The van der Waals surface area contributed by atoms with Crippen molar-refractivity contribution < 1.29 is 19.0 Å². The molecule has 1 aliphatic heterocycles. The number of carbonyl (C=O) groups excluding carboxylic acids is 1. The van der Waals surface area contributed by atoms with Crippen LogP contribution < -0.4 is 15.0 Å². The van der Waals surface area contributed by atoms with Gasteiger partial charge in [-0.25, -0.2) is 4.98 Å². The standard InChI is InChI=1S/C29H28N4O5/c1-2-37-26-18-21(12-13-25(26)38-20-27(34)32-14-16-36-17-15-32)19-30-33-28(22-8-4-3-5-9-22)31-24-11-7-6-10-23(24)29(33)35/h3-13,18-19H,2,14-17,20H2,1H3. The van der Waals surface area contributed by atoms with E-state index in [4.69, 9.17) is 19.2 Å². The number of rotatable bonds is 8. The fourth-order valence-corrected chi connectivity index (χ4v) is 4.17. The van der Waals surface area contributed by atoms with Crippen molar-refractivity contribution in [3.8, 4) is 22.9 Å². The number of hydrogen-bond donors (Lipinski definition) is 0. The number of amides is 1. The largest absolute Gasteiger partial charge is 0.490 e. The number of benzene rings is 3. The highest BCUT2D eigenvalue weighted by Crippen LogP contribution is 2.28. The normalized spacial score (nSPS) is 13.7. The van der Waals surface area contributed by atoms with Gasteiger partial charge in [0.1, 0.15) is 0 Å². The number of hydrogen-bond acceptors (Lipinski definition) is 7. The van der Waals surface area contributed by atoms with Gasteiger partial charge in [0.2, 0.25) is 0 Å². The minimum atomic E-state index is -0.266. The molecule has 1 aliphatic rings. The molecule has 0 unspecified atom stereocenters. The van der Waals surface area contributed by atoms with Crippen LogP contribution in [0.15, 0.2) is 82.7 Å². The summed E-state index contributed by atoms with van der Waals surface area (Å²) < 4.78 is 18.2. The molecule has 194 valence electrons. The third kappa shape index (κ3) is 5.57. The molecular formula is C29H28N4O5. The molecule has 0 saturated carbocycles. The molecule has 5 rings (SSSR count). The Hall–Kier alpha value is -4.50. The molecule has 0 bridgehead atoms. The van der Waals surface area contributed by atoms with Crippen LogP contribution in [-0.4, -0.2) is 66.2 Å². The topological polar surface area (TPSA) is 95.2 Å². The average molecular weight is 513 g/mol. The van der Waals surface area contributed by atoms with Gasteiger partial charge in [-0.05, 0) is 42.8 Å². The van der Waals surface area contributed by atoms with Gasteiger partial charge in [-0.15, -0.1) is 0 Å². The second-order valence-corrected chi connectivity index (χ2v) is 8.60. The third-order valence-electron chi connectivity index (χ3n) is 6.09. The third-order valence-corrected chi connectivity index (χ3v) is 6.09. The van der Waals surface area contributed by atoms with E-state index in [9.17, 15) is 9.59 Å². The maximum Gasteiger partial charge on any atom is 0.282 e. The molecule has 0 radical (unpaired) electrons. The molecule has 3 aromatic carbocycles. The van der Waals surface area contributed by atoms with Gasteiger partial charge in [0, 0.05) is 18.7 Å². The zero-order chi connectivity index (χ0) is 26.3. The van der Waals surface area contributed by atoms with Crippen LogP contribution in [0.1, 0.15) is 12.5 Å². The molecule has 38 heavy (non-hydrogen) atoms. The molecular weight excluding hydrogens is 484 g/mol. The van der Waals surface area contributed by atoms with Gasteiger partial charge in [-0.1, -0.05) is 42.5 Å². The van der Waals surface area contributed by atoms with Crippen LogP contribution in [0, 0.1) is 0 Å². The first-order valence-corrected chi connectivity index (χ1v) is 12.5. The first-order valence-electron chi connectivity index (χ1n) is 12.5. The monoisotopic (exact) mass is 512 g/mol. The smallest absolute Gasteiger partial charge is 0.282 e. The van der Waals surface area contributed by atoms with Gasteiger partial charge >= 0.3 is 0 Å². The van der Waals surface area contributed by atoms with E-state index >= 15 is 0 Å². The van der Waals surface area contributed by atoms with Crippen LogP contribution in [0.3, 0.4) is 0 Å². The fourth-order valence-electron chi connectivity index (χ4n) is 4.17. The van der Waals surface area contributed by atoms with Gasteiger partial charge in [-0.2, -0.15) is 9.78 Å². The molecule has 0 aliphatic carbocycles. The number of nitrogens with zero attached hydrogens (tertiary/aromatic N) is 4. The van der Waals surface area contributed by atoms with Gasteiger partial charge in [0.05, 0.1) is 36.9 Å². The number of ether oxygens (including phenoxy) is 3. The van der Waals surface area contributed by atoms with Crippen LogP contribution in [0.5, 0.6) is 11.5 Å². The lowest BCUT2D eigenvalue weighted by Crippen LogP contribution is -2.43. The SMILES string of the molecule is CCOc1cc(C=Nn2c(-c3ccccc3)nc3ccccc3c2=O)ccc1OCC(=O)N1CCOCC1. The van der Waals surface area contributed by atoms with E-state index in [1.165, 1.54) is 4.68 Å². The summed E-state index contributed by atoms with van der Waals surface area (Å²) in [6.07, 6.45) is 1.58. The van der Waals surface area contributed by atoms with Gasteiger partial charge in [-0.3, -0.25) is 9.59 Å². The molecule has 1 amide bonds. The molecule has 9 heteroatoms. The van der Waals surface area contributed by atoms with Crippen molar-refractivity contribution in [1.29, 1.82) is 0 Å². The maximum atomic E-state index is 13.4. The summed E-state index contributed by atoms with van der Waals surface area (Å²) in [5.74, 6) is 1.29. The van der Waals surface area contributed by atoms with E-state index in [1.807, 2.05) is 49.4 Å². The van der Waals surface area contributed by atoms with E-state index in [0.717, 1.165) is 5.56 Å². The second kappa shape index (κ2) is 11.7. The highest BCUT2D eigenvalue weighted by atomic mass is 16.5. The highest BCUT2D eigenvalue weighted by molar-refractivity contribution is 5.83. The summed E-state index contributed by atoms with van der Waals surface area (Å²) in [6.45, 7) is 4.38. The summed E-state index contributed by atoms with van der Waals surface area (Å²) in [5.41, 5.74) is 1.81. The first-order chi connectivity index (χ1) is 18.6. The van der Waals surface area contributed by atoms with Crippen molar-refractivity contribution in [3.63, 3.8) is 0 Å². The highest BCUT2D eigenvalue weighted by Gasteiger charge is 2.18. The molecule has 9 nitrogen and oxygen atoms in total. The predicted octanol–water partition coefficient (Wildman–Crippen LogP) is 3.58. The van der Waals surface area contributed by atoms with Gasteiger partial charge in [0.25, 0.3) is 11.5 Å². The molecule has 1 fully saturated rings. The number of carbonyl (C=O) groups is 1. The van der Waals surface area contributed by atoms with Crippen LogP contribution in [0.25, 0.3) is 22.3 Å². The zero-order valence-electron chi connectivity index (χ0n) is 21.1. The predicted molar refractivity (Wildman–Crippen MR) is 145 cm³/mol. The Bertz CT molecular complexity index is 1510. The molecule has 1 aromatic heterocycles. The van der Waals surface area contributed by atoms with Gasteiger partial charge < -0.3 is 19.1 Å². The van der Waals surface area contributed by atoms with Crippen LogP contribution in [0.4, 0.5) is 0 Å².